The van der Waals surface area contributed by atoms with Crippen molar-refractivity contribution < 1.29 is 9.53 Å². The standard InChI is InChI=1S/C9H14N4O2/c1-15-6-4-7(10-5-6)9(14)12-8-2-3-11-13-8/h2-3,6-7,10H,4-5H2,1H3,(H2,11,12,13,14). The highest BCUT2D eigenvalue weighted by Gasteiger charge is 2.29. The number of carbonyl (C=O) groups excluding carboxylic acids is 1. The van der Waals surface area contributed by atoms with Crippen LogP contribution in [0.2, 0.25) is 0 Å². The summed E-state index contributed by atoms with van der Waals surface area (Å²) in [6.45, 7) is 0.720. The fourth-order valence-electron chi connectivity index (χ4n) is 1.63. The van der Waals surface area contributed by atoms with E-state index in [-0.39, 0.29) is 18.1 Å². The van der Waals surface area contributed by atoms with E-state index in [1.807, 2.05) is 0 Å². The Hall–Kier alpha value is -1.40. The van der Waals surface area contributed by atoms with E-state index in [0.29, 0.717) is 12.2 Å². The SMILES string of the molecule is COC1CNC(C(=O)Nc2ccn[nH]2)C1. The number of H-pyrrole nitrogens is 1. The van der Waals surface area contributed by atoms with Crippen LogP contribution in [0.15, 0.2) is 12.3 Å². The lowest BCUT2D eigenvalue weighted by Crippen LogP contribution is -2.35. The third-order valence-electron chi connectivity index (χ3n) is 2.50. The topological polar surface area (TPSA) is 79.0 Å². The second-order valence-corrected chi connectivity index (χ2v) is 3.51. The number of hydrogen-bond acceptors (Lipinski definition) is 4. The maximum atomic E-state index is 11.7. The number of ether oxygens (including phenoxy) is 1. The van der Waals surface area contributed by atoms with Gasteiger partial charge in [-0.2, -0.15) is 5.10 Å². The van der Waals surface area contributed by atoms with Crippen LogP contribution in [0.4, 0.5) is 5.82 Å². The first-order valence-electron chi connectivity index (χ1n) is 4.86. The molecule has 82 valence electrons. The molecule has 0 spiro atoms. The third-order valence-corrected chi connectivity index (χ3v) is 2.50. The van der Waals surface area contributed by atoms with Gasteiger partial charge in [0.2, 0.25) is 5.91 Å². The smallest absolute Gasteiger partial charge is 0.242 e. The molecule has 1 amide bonds. The van der Waals surface area contributed by atoms with Gasteiger partial charge in [-0.25, -0.2) is 0 Å². The Morgan fingerprint density at radius 2 is 2.60 bits per heavy atom. The number of nitrogens with zero attached hydrogens (tertiary/aromatic N) is 1. The van der Waals surface area contributed by atoms with Gasteiger partial charge in [0.1, 0.15) is 5.82 Å². The fourth-order valence-corrected chi connectivity index (χ4v) is 1.63. The number of aromatic nitrogens is 2. The van der Waals surface area contributed by atoms with Crippen LogP contribution in [0.3, 0.4) is 0 Å². The fraction of sp³-hybridized carbons (Fsp3) is 0.556. The zero-order valence-electron chi connectivity index (χ0n) is 8.49. The van der Waals surface area contributed by atoms with Crippen LogP contribution in [0.1, 0.15) is 6.42 Å². The molecule has 2 atom stereocenters. The van der Waals surface area contributed by atoms with Gasteiger partial charge in [-0.1, -0.05) is 0 Å². The average Bonchev–Trinajstić information content (AvgIpc) is 2.86. The van der Waals surface area contributed by atoms with Gasteiger partial charge in [0.05, 0.1) is 18.3 Å². The molecule has 1 fully saturated rings. The molecule has 0 radical (unpaired) electrons. The Morgan fingerprint density at radius 3 is 3.20 bits per heavy atom. The zero-order valence-corrected chi connectivity index (χ0v) is 8.49. The molecular weight excluding hydrogens is 196 g/mol. The molecule has 1 aromatic rings. The Kier molecular flexibility index (Phi) is 2.98. The molecule has 6 nitrogen and oxygen atoms in total. The Bertz CT molecular complexity index is 325. The summed E-state index contributed by atoms with van der Waals surface area (Å²) >= 11 is 0. The lowest BCUT2D eigenvalue weighted by atomic mass is 10.2. The van der Waals surface area contributed by atoms with Gasteiger partial charge in [-0.3, -0.25) is 9.89 Å². The normalized spacial score (nSPS) is 25.4. The first kappa shape index (κ1) is 10.1. The van der Waals surface area contributed by atoms with Crippen molar-refractivity contribution in [3.05, 3.63) is 12.3 Å². The minimum Gasteiger partial charge on any atom is -0.380 e. The summed E-state index contributed by atoms with van der Waals surface area (Å²) < 4.78 is 5.16. The minimum atomic E-state index is -0.182. The Morgan fingerprint density at radius 1 is 1.73 bits per heavy atom. The number of anilines is 1. The molecule has 6 heteroatoms. The predicted octanol–water partition coefficient (Wildman–Crippen LogP) is -0.275. The third kappa shape index (κ3) is 2.34. The second kappa shape index (κ2) is 4.41. The summed E-state index contributed by atoms with van der Waals surface area (Å²) in [4.78, 5) is 11.7. The van der Waals surface area contributed by atoms with E-state index >= 15 is 0 Å². The molecule has 3 N–H and O–H groups in total. The van der Waals surface area contributed by atoms with Gasteiger partial charge in [0, 0.05) is 19.7 Å². The molecule has 0 aromatic carbocycles. The van der Waals surface area contributed by atoms with Gasteiger partial charge in [-0.15, -0.1) is 0 Å². The summed E-state index contributed by atoms with van der Waals surface area (Å²) in [6.07, 6.45) is 2.43. The molecule has 0 bridgehead atoms. The molecule has 2 rings (SSSR count). The van der Waals surface area contributed by atoms with Gasteiger partial charge >= 0.3 is 0 Å². The van der Waals surface area contributed by atoms with Gasteiger partial charge in [0.15, 0.2) is 0 Å². The van der Waals surface area contributed by atoms with E-state index < -0.39 is 0 Å². The molecule has 2 unspecified atom stereocenters. The number of amides is 1. The van der Waals surface area contributed by atoms with Crippen LogP contribution in [0.5, 0.6) is 0 Å². The molecule has 1 aromatic heterocycles. The van der Waals surface area contributed by atoms with Crippen LogP contribution in [0.25, 0.3) is 0 Å². The summed E-state index contributed by atoms with van der Waals surface area (Å²) in [5.41, 5.74) is 0. The highest BCUT2D eigenvalue weighted by Crippen LogP contribution is 2.11. The zero-order chi connectivity index (χ0) is 10.7. The van der Waals surface area contributed by atoms with Crippen molar-refractivity contribution in [2.75, 3.05) is 19.0 Å². The highest BCUT2D eigenvalue weighted by atomic mass is 16.5. The maximum Gasteiger partial charge on any atom is 0.242 e. The second-order valence-electron chi connectivity index (χ2n) is 3.51. The van der Waals surface area contributed by atoms with E-state index in [0.717, 1.165) is 6.54 Å². The van der Waals surface area contributed by atoms with E-state index in [9.17, 15) is 4.79 Å². The Labute approximate surface area is 87.4 Å². The summed E-state index contributed by atoms with van der Waals surface area (Å²) in [5, 5.41) is 12.3. The van der Waals surface area contributed by atoms with Crippen LogP contribution in [-0.2, 0) is 9.53 Å². The minimum absolute atomic E-state index is 0.0567. The van der Waals surface area contributed by atoms with Crippen molar-refractivity contribution in [3.8, 4) is 0 Å². The van der Waals surface area contributed by atoms with Crippen LogP contribution in [-0.4, -0.2) is 41.9 Å². The van der Waals surface area contributed by atoms with E-state index in [1.54, 1.807) is 19.4 Å². The quantitative estimate of drug-likeness (QED) is 0.641. The van der Waals surface area contributed by atoms with Gasteiger partial charge in [0.25, 0.3) is 0 Å². The van der Waals surface area contributed by atoms with Crippen molar-refractivity contribution in [3.63, 3.8) is 0 Å². The number of methoxy groups -OCH3 is 1. The van der Waals surface area contributed by atoms with Crippen molar-refractivity contribution in [1.82, 2.24) is 15.5 Å². The molecule has 1 saturated heterocycles. The number of hydrogen-bond donors (Lipinski definition) is 3. The molecular formula is C9H14N4O2. The number of nitrogens with one attached hydrogen (secondary N) is 3. The van der Waals surface area contributed by atoms with Gasteiger partial charge < -0.3 is 15.4 Å². The van der Waals surface area contributed by atoms with Crippen LogP contribution in [0, 0.1) is 0 Å². The summed E-state index contributed by atoms with van der Waals surface area (Å²) in [6, 6.07) is 1.53. The average molecular weight is 210 g/mol. The predicted molar refractivity (Wildman–Crippen MR) is 54.4 cm³/mol. The molecule has 1 aliphatic heterocycles. The number of aromatic amines is 1. The van der Waals surface area contributed by atoms with E-state index in [4.69, 9.17) is 4.74 Å². The lowest BCUT2D eigenvalue weighted by molar-refractivity contribution is -0.118. The van der Waals surface area contributed by atoms with Crippen LogP contribution >= 0.6 is 0 Å². The lowest BCUT2D eigenvalue weighted by Gasteiger charge is -2.09. The monoisotopic (exact) mass is 210 g/mol. The molecule has 1 aliphatic rings. The van der Waals surface area contributed by atoms with Crippen LogP contribution < -0.4 is 10.6 Å². The molecule has 2 heterocycles. The molecule has 15 heavy (non-hydrogen) atoms. The van der Waals surface area contributed by atoms with Crippen molar-refractivity contribution in [2.45, 2.75) is 18.6 Å². The summed E-state index contributed by atoms with van der Waals surface area (Å²) in [7, 11) is 1.65. The number of rotatable bonds is 3. The van der Waals surface area contributed by atoms with Crippen molar-refractivity contribution in [1.29, 1.82) is 0 Å². The Balaban J connectivity index is 1.87. The number of carbonyl (C=O) groups is 1. The van der Waals surface area contributed by atoms with E-state index in [2.05, 4.69) is 20.8 Å². The van der Waals surface area contributed by atoms with Gasteiger partial charge in [-0.05, 0) is 6.42 Å². The first-order chi connectivity index (χ1) is 7.29. The van der Waals surface area contributed by atoms with Crippen molar-refractivity contribution >= 4 is 11.7 Å². The van der Waals surface area contributed by atoms with Crippen molar-refractivity contribution in [2.24, 2.45) is 0 Å². The highest BCUT2D eigenvalue weighted by molar-refractivity contribution is 5.94. The molecule has 0 saturated carbocycles. The maximum absolute atomic E-state index is 11.7. The largest absolute Gasteiger partial charge is 0.380 e. The molecule has 0 aliphatic carbocycles. The first-order valence-corrected chi connectivity index (χ1v) is 4.86. The van der Waals surface area contributed by atoms with E-state index in [1.165, 1.54) is 0 Å². The summed E-state index contributed by atoms with van der Waals surface area (Å²) in [5.74, 6) is 0.557.